The molecule has 0 atom stereocenters. The smallest absolute Gasteiger partial charge is 0.313 e. The van der Waals surface area contributed by atoms with Gasteiger partial charge in [-0.2, -0.15) is 0 Å². The standard InChI is InChI=1S/C16H22Cl2N4O2/c1-21-8-10-22(11-9-21)7-3-6-19-15(23)16(24)20-13-5-2-4-12(17)14(13)18/h2,4-5H,3,6-11H2,1H3,(H,19,23)(H,20,24). The van der Waals surface area contributed by atoms with E-state index in [-0.39, 0.29) is 5.02 Å². The minimum Gasteiger partial charge on any atom is -0.348 e. The van der Waals surface area contributed by atoms with Crippen LogP contribution < -0.4 is 10.6 Å². The van der Waals surface area contributed by atoms with Crippen molar-refractivity contribution in [3.05, 3.63) is 28.2 Å². The lowest BCUT2D eigenvalue weighted by Crippen LogP contribution is -2.45. The number of benzene rings is 1. The van der Waals surface area contributed by atoms with Crippen molar-refractivity contribution >= 4 is 40.7 Å². The molecule has 0 saturated carbocycles. The van der Waals surface area contributed by atoms with Gasteiger partial charge in [0.15, 0.2) is 0 Å². The number of halogens is 2. The summed E-state index contributed by atoms with van der Waals surface area (Å²) >= 11 is 11.8. The first-order valence-electron chi connectivity index (χ1n) is 7.91. The van der Waals surface area contributed by atoms with Crippen LogP contribution >= 0.6 is 23.2 Å². The van der Waals surface area contributed by atoms with Gasteiger partial charge in [0.05, 0.1) is 15.7 Å². The molecule has 0 aliphatic carbocycles. The van der Waals surface area contributed by atoms with E-state index in [2.05, 4.69) is 27.5 Å². The van der Waals surface area contributed by atoms with Gasteiger partial charge in [-0.3, -0.25) is 9.59 Å². The molecule has 1 aromatic carbocycles. The molecule has 8 heteroatoms. The van der Waals surface area contributed by atoms with Crippen molar-refractivity contribution in [1.29, 1.82) is 0 Å². The van der Waals surface area contributed by atoms with Crippen molar-refractivity contribution in [2.45, 2.75) is 6.42 Å². The maximum Gasteiger partial charge on any atom is 0.313 e. The Bertz CT molecular complexity index is 589. The molecule has 1 aliphatic rings. The Balaban J connectivity index is 1.68. The highest BCUT2D eigenvalue weighted by Gasteiger charge is 2.16. The number of nitrogens with one attached hydrogen (secondary N) is 2. The molecule has 6 nitrogen and oxygen atoms in total. The Kier molecular flexibility index (Phi) is 7.30. The summed E-state index contributed by atoms with van der Waals surface area (Å²) in [6, 6.07) is 4.85. The third kappa shape index (κ3) is 5.63. The third-order valence-corrected chi connectivity index (χ3v) is 4.76. The average Bonchev–Trinajstić information content (AvgIpc) is 2.57. The first kappa shape index (κ1) is 19.0. The zero-order chi connectivity index (χ0) is 17.5. The fourth-order valence-corrected chi connectivity index (χ4v) is 2.78. The highest BCUT2D eigenvalue weighted by molar-refractivity contribution is 6.45. The largest absolute Gasteiger partial charge is 0.348 e. The van der Waals surface area contributed by atoms with Gasteiger partial charge in [-0.05, 0) is 32.1 Å². The first-order valence-corrected chi connectivity index (χ1v) is 8.67. The van der Waals surface area contributed by atoms with Crippen LogP contribution in [0.1, 0.15) is 6.42 Å². The summed E-state index contributed by atoms with van der Waals surface area (Å²) in [4.78, 5) is 28.3. The zero-order valence-electron chi connectivity index (χ0n) is 13.6. The molecule has 1 fully saturated rings. The number of nitrogens with zero attached hydrogens (tertiary/aromatic N) is 2. The summed E-state index contributed by atoms with van der Waals surface area (Å²) in [5, 5.41) is 5.62. The van der Waals surface area contributed by atoms with E-state index < -0.39 is 11.8 Å². The van der Waals surface area contributed by atoms with Crippen LogP contribution in [0.3, 0.4) is 0 Å². The Morgan fingerprint density at radius 3 is 2.54 bits per heavy atom. The van der Waals surface area contributed by atoms with Gasteiger partial charge in [0, 0.05) is 32.7 Å². The number of piperazine rings is 1. The van der Waals surface area contributed by atoms with E-state index in [1.54, 1.807) is 18.2 Å². The van der Waals surface area contributed by atoms with Crippen molar-refractivity contribution in [3.8, 4) is 0 Å². The van der Waals surface area contributed by atoms with Crippen molar-refractivity contribution in [1.82, 2.24) is 15.1 Å². The van der Waals surface area contributed by atoms with Crippen molar-refractivity contribution in [2.24, 2.45) is 0 Å². The third-order valence-electron chi connectivity index (χ3n) is 3.94. The van der Waals surface area contributed by atoms with Crippen molar-refractivity contribution in [3.63, 3.8) is 0 Å². The molecule has 2 rings (SSSR count). The molecule has 1 aromatic rings. The summed E-state index contributed by atoms with van der Waals surface area (Å²) < 4.78 is 0. The molecule has 0 unspecified atom stereocenters. The number of carbonyl (C=O) groups excluding carboxylic acids is 2. The maximum atomic E-state index is 11.9. The highest BCUT2D eigenvalue weighted by Crippen LogP contribution is 2.29. The van der Waals surface area contributed by atoms with Crippen LogP contribution in [0, 0.1) is 0 Å². The number of rotatable bonds is 5. The Labute approximate surface area is 152 Å². The molecule has 24 heavy (non-hydrogen) atoms. The SMILES string of the molecule is CN1CCN(CCCNC(=O)C(=O)Nc2cccc(Cl)c2Cl)CC1. The summed E-state index contributed by atoms with van der Waals surface area (Å²) in [7, 11) is 2.11. The molecule has 0 bridgehead atoms. The van der Waals surface area contributed by atoms with Crippen LogP contribution in [-0.2, 0) is 9.59 Å². The average molecular weight is 373 g/mol. The molecular weight excluding hydrogens is 351 g/mol. The number of hydrogen-bond donors (Lipinski definition) is 2. The fraction of sp³-hybridized carbons (Fsp3) is 0.500. The minimum absolute atomic E-state index is 0.218. The molecule has 0 aromatic heterocycles. The van der Waals surface area contributed by atoms with Gasteiger partial charge in [0.1, 0.15) is 0 Å². The van der Waals surface area contributed by atoms with E-state index >= 15 is 0 Å². The predicted molar refractivity (Wildman–Crippen MR) is 96.7 cm³/mol. The lowest BCUT2D eigenvalue weighted by atomic mass is 10.3. The van der Waals surface area contributed by atoms with Gasteiger partial charge in [-0.1, -0.05) is 29.3 Å². The zero-order valence-corrected chi connectivity index (χ0v) is 15.2. The summed E-state index contributed by atoms with van der Waals surface area (Å²) in [6.45, 7) is 5.58. The van der Waals surface area contributed by atoms with Crippen molar-refractivity contribution in [2.75, 3.05) is 51.6 Å². The van der Waals surface area contributed by atoms with Crippen LogP contribution in [0.15, 0.2) is 18.2 Å². The van der Waals surface area contributed by atoms with E-state index in [0.29, 0.717) is 17.3 Å². The Morgan fingerprint density at radius 1 is 1.12 bits per heavy atom. The number of anilines is 1. The lowest BCUT2D eigenvalue weighted by Gasteiger charge is -2.32. The maximum absolute atomic E-state index is 11.9. The number of carbonyl (C=O) groups is 2. The highest BCUT2D eigenvalue weighted by atomic mass is 35.5. The molecular formula is C16H22Cl2N4O2. The molecule has 132 valence electrons. The monoisotopic (exact) mass is 372 g/mol. The summed E-state index contributed by atoms with van der Waals surface area (Å²) in [5.41, 5.74) is 0.321. The van der Waals surface area contributed by atoms with Crippen LogP contribution in [0.5, 0.6) is 0 Å². The Morgan fingerprint density at radius 2 is 1.83 bits per heavy atom. The van der Waals surface area contributed by atoms with Gasteiger partial charge >= 0.3 is 11.8 Å². The van der Waals surface area contributed by atoms with E-state index in [9.17, 15) is 9.59 Å². The van der Waals surface area contributed by atoms with Gasteiger partial charge in [-0.25, -0.2) is 0 Å². The van der Waals surface area contributed by atoms with E-state index in [0.717, 1.165) is 39.1 Å². The second-order valence-electron chi connectivity index (χ2n) is 5.81. The molecule has 1 aliphatic heterocycles. The van der Waals surface area contributed by atoms with E-state index in [1.807, 2.05) is 0 Å². The summed E-state index contributed by atoms with van der Waals surface area (Å²) in [5.74, 6) is -1.43. The van der Waals surface area contributed by atoms with Crippen molar-refractivity contribution < 1.29 is 9.59 Å². The molecule has 0 radical (unpaired) electrons. The second kappa shape index (κ2) is 9.22. The molecule has 0 spiro atoms. The molecule has 2 amide bonds. The van der Waals surface area contributed by atoms with Gasteiger partial charge in [0.2, 0.25) is 0 Å². The second-order valence-corrected chi connectivity index (χ2v) is 6.60. The number of amides is 2. The molecule has 2 N–H and O–H groups in total. The summed E-state index contributed by atoms with van der Waals surface area (Å²) in [6.07, 6.45) is 0.806. The predicted octanol–water partition coefficient (Wildman–Crippen LogP) is 1.69. The number of likely N-dealkylation sites (N-methyl/N-ethyl adjacent to an activating group) is 1. The molecule has 1 saturated heterocycles. The van der Waals surface area contributed by atoms with Crippen LogP contribution in [0.25, 0.3) is 0 Å². The first-order chi connectivity index (χ1) is 11.5. The molecule has 1 heterocycles. The topological polar surface area (TPSA) is 64.7 Å². The van der Waals surface area contributed by atoms with Gasteiger partial charge in [0.25, 0.3) is 0 Å². The lowest BCUT2D eigenvalue weighted by molar-refractivity contribution is -0.136. The van der Waals surface area contributed by atoms with Gasteiger partial charge < -0.3 is 20.4 Å². The van der Waals surface area contributed by atoms with Crippen LogP contribution in [0.4, 0.5) is 5.69 Å². The minimum atomic E-state index is -0.751. The Hall–Kier alpha value is -1.34. The number of hydrogen-bond acceptors (Lipinski definition) is 4. The van der Waals surface area contributed by atoms with E-state index in [4.69, 9.17) is 23.2 Å². The quantitative estimate of drug-likeness (QED) is 0.609. The van der Waals surface area contributed by atoms with Gasteiger partial charge in [-0.15, -0.1) is 0 Å². The van der Waals surface area contributed by atoms with E-state index in [1.165, 1.54) is 0 Å². The normalized spacial score (nSPS) is 16.0. The van der Waals surface area contributed by atoms with Crippen LogP contribution in [-0.4, -0.2) is 67.9 Å². The van der Waals surface area contributed by atoms with Crippen LogP contribution in [0.2, 0.25) is 10.0 Å². The fourth-order valence-electron chi connectivity index (χ4n) is 2.44.